The van der Waals surface area contributed by atoms with Crippen molar-refractivity contribution in [3.8, 4) is 11.3 Å². The summed E-state index contributed by atoms with van der Waals surface area (Å²) < 4.78 is 7.05. The van der Waals surface area contributed by atoms with E-state index >= 15 is 0 Å². The molecule has 8 nitrogen and oxygen atoms in total. The van der Waals surface area contributed by atoms with Crippen molar-refractivity contribution in [1.29, 1.82) is 0 Å². The number of benzene rings is 1. The van der Waals surface area contributed by atoms with Crippen molar-refractivity contribution in [2.24, 2.45) is 5.92 Å². The van der Waals surface area contributed by atoms with E-state index < -0.39 is 0 Å². The third-order valence-corrected chi connectivity index (χ3v) is 5.50. The van der Waals surface area contributed by atoms with Crippen LogP contribution in [0, 0.1) is 5.92 Å². The van der Waals surface area contributed by atoms with Crippen LogP contribution in [0.2, 0.25) is 0 Å². The summed E-state index contributed by atoms with van der Waals surface area (Å²) in [6, 6.07) is 7.78. The second kappa shape index (κ2) is 8.49. The van der Waals surface area contributed by atoms with Gasteiger partial charge in [-0.1, -0.05) is 19.1 Å². The van der Waals surface area contributed by atoms with Gasteiger partial charge in [0, 0.05) is 29.7 Å². The van der Waals surface area contributed by atoms with E-state index in [-0.39, 0.29) is 11.8 Å². The number of hydrogen-bond acceptors (Lipinski definition) is 7. The number of aromatic nitrogens is 4. The van der Waals surface area contributed by atoms with Crippen LogP contribution in [0.4, 0.5) is 10.8 Å². The van der Waals surface area contributed by atoms with Crippen LogP contribution in [0.25, 0.3) is 11.3 Å². The van der Waals surface area contributed by atoms with Crippen molar-refractivity contribution in [2.75, 3.05) is 36.5 Å². The van der Waals surface area contributed by atoms with Crippen molar-refractivity contribution < 1.29 is 9.53 Å². The van der Waals surface area contributed by atoms with E-state index in [1.54, 1.807) is 22.3 Å². The molecule has 4 rings (SSSR count). The molecular weight excluding hydrogens is 376 g/mol. The second-order valence-corrected chi connectivity index (χ2v) is 7.54. The molecule has 0 spiro atoms. The number of morpholine rings is 1. The first-order valence-electron chi connectivity index (χ1n) is 9.21. The number of thiazole rings is 1. The van der Waals surface area contributed by atoms with Gasteiger partial charge in [-0.25, -0.2) is 9.97 Å². The van der Waals surface area contributed by atoms with Crippen molar-refractivity contribution in [1.82, 2.24) is 19.7 Å². The first kappa shape index (κ1) is 18.6. The van der Waals surface area contributed by atoms with Crippen molar-refractivity contribution in [2.45, 2.75) is 13.5 Å². The molecule has 2 aromatic heterocycles. The van der Waals surface area contributed by atoms with E-state index in [1.807, 2.05) is 31.2 Å². The molecule has 1 atom stereocenters. The topological polar surface area (TPSA) is 85.2 Å². The fraction of sp³-hybridized carbons (Fsp3) is 0.368. The maximum atomic E-state index is 12.4. The zero-order valence-electron chi connectivity index (χ0n) is 15.6. The lowest BCUT2D eigenvalue weighted by molar-refractivity contribution is -0.119. The fourth-order valence-corrected chi connectivity index (χ4v) is 3.87. The van der Waals surface area contributed by atoms with E-state index in [0.29, 0.717) is 6.54 Å². The van der Waals surface area contributed by atoms with Gasteiger partial charge in [-0.3, -0.25) is 9.48 Å². The normalized spacial score (nSPS) is 15.4. The Morgan fingerprint density at radius 3 is 2.79 bits per heavy atom. The third kappa shape index (κ3) is 4.37. The predicted octanol–water partition coefficient (Wildman–Crippen LogP) is 2.51. The highest BCUT2D eigenvalue weighted by Gasteiger charge is 2.16. The quantitative estimate of drug-likeness (QED) is 0.687. The van der Waals surface area contributed by atoms with Gasteiger partial charge in [-0.2, -0.15) is 5.10 Å². The monoisotopic (exact) mass is 398 g/mol. The number of anilines is 2. The molecule has 1 amide bonds. The molecule has 3 aromatic rings. The Hall–Kier alpha value is -2.78. The summed E-state index contributed by atoms with van der Waals surface area (Å²) in [5, 5.41) is 10.1. The number of nitrogens with zero attached hydrogens (tertiary/aromatic N) is 5. The number of rotatable bonds is 6. The lowest BCUT2D eigenvalue weighted by Gasteiger charge is -2.26. The standard InChI is InChI=1S/C19H22N6O2S/c1-14(10-25-13-20-12-21-25)18(26)22-16-4-2-15(3-5-16)17-11-28-19(23-17)24-6-8-27-9-7-24/h2-5,11-14H,6-10H2,1H3,(H,22,26). The number of amides is 1. The van der Waals surface area contributed by atoms with Gasteiger partial charge in [0.15, 0.2) is 5.13 Å². The van der Waals surface area contributed by atoms with Gasteiger partial charge in [0.1, 0.15) is 12.7 Å². The lowest BCUT2D eigenvalue weighted by atomic mass is 10.1. The summed E-state index contributed by atoms with van der Waals surface area (Å²) in [5.41, 5.74) is 2.75. The molecule has 1 N–H and O–H groups in total. The molecule has 28 heavy (non-hydrogen) atoms. The Morgan fingerprint density at radius 1 is 1.29 bits per heavy atom. The molecule has 0 bridgehead atoms. The van der Waals surface area contributed by atoms with Gasteiger partial charge < -0.3 is 15.0 Å². The van der Waals surface area contributed by atoms with E-state index in [9.17, 15) is 4.79 Å². The first-order chi connectivity index (χ1) is 13.7. The van der Waals surface area contributed by atoms with E-state index in [2.05, 4.69) is 25.7 Å². The number of carbonyl (C=O) groups is 1. The van der Waals surface area contributed by atoms with Gasteiger partial charge in [-0.15, -0.1) is 11.3 Å². The molecule has 1 saturated heterocycles. The van der Waals surface area contributed by atoms with E-state index in [1.165, 1.54) is 6.33 Å². The van der Waals surface area contributed by atoms with Crippen LogP contribution in [0.1, 0.15) is 6.92 Å². The van der Waals surface area contributed by atoms with Gasteiger partial charge in [0.05, 0.1) is 31.4 Å². The molecule has 9 heteroatoms. The predicted molar refractivity (Wildman–Crippen MR) is 108 cm³/mol. The van der Waals surface area contributed by atoms with Crippen molar-refractivity contribution in [3.63, 3.8) is 0 Å². The molecule has 1 aromatic carbocycles. The van der Waals surface area contributed by atoms with Crippen LogP contribution in [0.3, 0.4) is 0 Å². The van der Waals surface area contributed by atoms with Crippen LogP contribution in [-0.4, -0.2) is 52.0 Å². The highest BCUT2D eigenvalue weighted by Crippen LogP contribution is 2.28. The third-order valence-electron chi connectivity index (χ3n) is 4.60. The summed E-state index contributed by atoms with van der Waals surface area (Å²) in [6.07, 6.45) is 3.07. The van der Waals surface area contributed by atoms with E-state index in [4.69, 9.17) is 9.72 Å². The molecule has 3 heterocycles. The van der Waals surface area contributed by atoms with Crippen molar-refractivity contribution in [3.05, 3.63) is 42.3 Å². The summed E-state index contributed by atoms with van der Waals surface area (Å²) >= 11 is 1.65. The molecule has 1 aliphatic heterocycles. The van der Waals surface area contributed by atoms with E-state index in [0.717, 1.165) is 48.4 Å². The fourth-order valence-electron chi connectivity index (χ4n) is 2.98. The van der Waals surface area contributed by atoms with Gasteiger partial charge in [0.2, 0.25) is 5.91 Å². The summed E-state index contributed by atoms with van der Waals surface area (Å²) in [4.78, 5) is 23.3. The van der Waals surface area contributed by atoms with Gasteiger partial charge in [-0.05, 0) is 12.1 Å². The SMILES string of the molecule is CC(Cn1cncn1)C(=O)Nc1ccc(-c2csc(N3CCOCC3)n2)cc1. The molecule has 0 radical (unpaired) electrons. The van der Waals surface area contributed by atoms with Crippen LogP contribution >= 0.6 is 11.3 Å². The Labute approximate surface area is 167 Å². The summed E-state index contributed by atoms with van der Waals surface area (Å²) in [6.45, 7) is 5.62. The highest BCUT2D eigenvalue weighted by atomic mass is 32.1. The second-order valence-electron chi connectivity index (χ2n) is 6.70. The summed E-state index contributed by atoms with van der Waals surface area (Å²) in [7, 11) is 0. The molecule has 1 fully saturated rings. The highest BCUT2D eigenvalue weighted by molar-refractivity contribution is 7.14. The van der Waals surface area contributed by atoms with Crippen LogP contribution < -0.4 is 10.2 Å². The minimum Gasteiger partial charge on any atom is -0.378 e. The molecule has 0 saturated carbocycles. The Kier molecular flexibility index (Phi) is 5.63. The maximum Gasteiger partial charge on any atom is 0.229 e. The zero-order valence-corrected chi connectivity index (χ0v) is 16.4. The Morgan fingerprint density at radius 2 is 2.07 bits per heavy atom. The number of hydrogen-bond donors (Lipinski definition) is 1. The molecular formula is C19H22N6O2S. The first-order valence-corrected chi connectivity index (χ1v) is 10.1. The van der Waals surface area contributed by atoms with Crippen molar-refractivity contribution >= 4 is 28.1 Å². The lowest BCUT2D eigenvalue weighted by Crippen LogP contribution is -2.36. The Bertz CT molecular complexity index is 903. The smallest absolute Gasteiger partial charge is 0.229 e. The average molecular weight is 398 g/mol. The van der Waals surface area contributed by atoms with Gasteiger partial charge in [0.25, 0.3) is 0 Å². The Balaban J connectivity index is 1.37. The minimum atomic E-state index is -0.212. The molecule has 0 aliphatic carbocycles. The average Bonchev–Trinajstić information content (AvgIpc) is 3.41. The van der Waals surface area contributed by atoms with Crippen LogP contribution in [-0.2, 0) is 16.1 Å². The number of nitrogens with one attached hydrogen (secondary N) is 1. The van der Waals surface area contributed by atoms with Crippen LogP contribution in [0.15, 0.2) is 42.3 Å². The minimum absolute atomic E-state index is 0.0495. The molecule has 1 aliphatic rings. The zero-order chi connectivity index (χ0) is 19.3. The largest absolute Gasteiger partial charge is 0.378 e. The molecule has 1 unspecified atom stereocenters. The van der Waals surface area contributed by atoms with Gasteiger partial charge >= 0.3 is 0 Å². The maximum absolute atomic E-state index is 12.4. The summed E-state index contributed by atoms with van der Waals surface area (Å²) in [5.74, 6) is -0.262. The van der Waals surface area contributed by atoms with Crippen LogP contribution in [0.5, 0.6) is 0 Å². The molecule has 146 valence electrons. The number of carbonyl (C=O) groups excluding carboxylic acids is 1. The number of ether oxygens (including phenoxy) is 1.